The van der Waals surface area contributed by atoms with Crippen molar-refractivity contribution in [2.75, 3.05) is 0 Å². The number of hydrogen-bond acceptors (Lipinski definition) is 0. The molecule has 12 rings (SSSR count). The molecule has 0 amide bonds. The Morgan fingerprint density at radius 3 is 0.629 bits per heavy atom. The van der Waals surface area contributed by atoms with Crippen LogP contribution in [0.2, 0.25) is 0 Å². The molecule has 0 aliphatic carbocycles. The van der Waals surface area contributed by atoms with Gasteiger partial charge in [0, 0.05) is 0 Å². The Morgan fingerprint density at radius 1 is 0.257 bits per heavy atom. The number of halogens is 2. The largest absolute Gasteiger partial charge is 1.00 e. The summed E-state index contributed by atoms with van der Waals surface area (Å²) in [6, 6.07) is 86.2. The van der Waals surface area contributed by atoms with Gasteiger partial charge in [-0.15, -0.1) is 138 Å². The van der Waals surface area contributed by atoms with Gasteiger partial charge in [0.15, 0.2) is 0 Å². The van der Waals surface area contributed by atoms with Gasteiger partial charge in [-0.3, -0.25) is 0 Å². The molecule has 0 radical (unpaired) electrons. The van der Waals surface area contributed by atoms with Crippen molar-refractivity contribution in [1.29, 1.82) is 0 Å². The van der Waals surface area contributed by atoms with Crippen LogP contribution in [-0.2, 0) is 39.9 Å². The molecule has 0 atom stereocenters. The zero-order valence-electron chi connectivity index (χ0n) is 40.3. The maximum Gasteiger partial charge on any atom is -1.00 e. The molecule has 0 nitrogen and oxygen atoms in total. The first kappa shape index (κ1) is 54.9. The Labute approximate surface area is 450 Å². The first-order valence-corrected chi connectivity index (χ1v) is 25.2. The number of fused-ring (bicyclic) bond motifs is 4. The fourth-order valence-electron chi connectivity index (χ4n) is 9.02. The Kier molecular flexibility index (Phi) is 21.5. The molecule has 0 fully saturated rings. The van der Waals surface area contributed by atoms with E-state index >= 15 is 0 Å². The van der Waals surface area contributed by atoms with E-state index in [1.54, 1.807) is 39.9 Å². The van der Waals surface area contributed by atoms with Crippen molar-refractivity contribution < 1.29 is 64.8 Å². The first-order valence-electron chi connectivity index (χ1n) is 22.9. The van der Waals surface area contributed by atoms with Gasteiger partial charge in [-0.05, 0) is 22.3 Å². The van der Waals surface area contributed by atoms with Gasteiger partial charge in [-0.25, -0.2) is 0 Å². The van der Waals surface area contributed by atoms with E-state index in [-0.39, 0.29) is 24.8 Å². The van der Waals surface area contributed by atoms with Crippen LogP contribution in [0.1, 0.15) is 22.3 Å². The summed E-state index contributed by atoms with van der Waals surface area (Å²) >= 11 is 3.50. The molecule has 70 heavy (non-hydrogen) atoms. The molecule has 12 aromatic carbocycles. The van der Waals surface area contributed by atoms with Crippen molar-refractivity contribution in [2.45, 2.75) is 27.7 Å². The van der Waals surface area contributed by atoms with Gasteiger partial charge < -0.3 is 24.8 Å². The Morgan fingerprint density at radius 2 is 0.443 bits per heavy atom. The molecule has 0 aliphatic heterocycles. The van der Waals surface area contributed by atoms with Gasteiger partial charge in [0.25, 0.3) is 0 Å². The summed E-state index contributed by atoms with van der Waals surface area (Å²) in [6.07, 6.45) is 0. The second-order valence-electron chi connectivity index (χ2n) is 16.8. The molecule has 0 aliphatic rings. The third-order valence-electron chi connectivity index (χ3n) is 11.9. The molecule has 0 unspecified atom stereocenters. The summed E-state index contributed by atoms with van der Waals surface area (Å²) in [5.74, 6) is 0. The van der Waals surface area contributed by atoms with Gasteiger partial charge >= 0.3 is 49.6 Å². The summed E-state index contributed by atoms with van der Waals surface area (Å²) in [6.45, 7) is 8.59. The molecule has 0 N–H and O–H groups in total. The van der Waals surface area contributed by atoms with Gasteiger partial charge in [-0.1, -0.05) is 196 Å². The van der Waals surface area contributed by atoms with E-state index in [0.29, 0.717) is 0 Å². The Balaban J connectivity index is 0.000000168. The average molecular weight is 1020 g/mol. The van der Waals surface area contributed by atoms with Crippen molar-refractivity contribution in [3.05, 3.63) is 265 Å². The van der Waals surface area contributed by atoms with Crippen LogP contribution < -0.4 is 24.8 Å². The number of hydrogen-bond donors (Lipinski definition) is 0. The third-order valence-corrected chi connectivity index (χ3v) is 11.9. The minimum absolute atomic E-state index is 0. The minimum atomic E-state index is 0. The number of rotatable bonds is 4. The van der Waals surface area contributed by atoms with Crippen LogP contribution in [0.25, 0.3) is 87.6 Å². The molecule has 0 spiro atoms. The van der Waals surface area contributed by atoms with Crippen LogP contribution in [0, 0.1) is 27.7 Å². The van der Waals surface area contributed by atoms with E-state index in [1.165, 1.54) is 110 Å². The van der Waals surface area contributed by atoms with Crippen LogP contribution in [0.15, 0.2) is 243 Å². The van der Waals surface area contributed by atoms with Gasteiger partial charge in [-0.2, -0.15) is 24.3 Å². The Hall–Kier alpha value is -6.05. The SMILES string of the molecule is Cc1cc2c(-c3ccccc3)cccc2[cH-]1.Cc1cc2c(-c3ccccc3)cccc2[cH-]1.Cc1cc2c(-c3ccccc3)cccc2[cH-]1.Cc1cc2c(-c3ccccc3)cccc2[cH-]1.[CH2]=[Ti+2].[CH2]=[Ti+2].[Cl-].[Cl-]. The summed E-state index contributed by atoms with van der Waals surface area (Å²) in [7, 11) is 0. The summed E-state index contributed by atoms with van der Waals surface area (Å²) < 4.78 is 0. The monoisotopic (exact) mass is 1010 g/mol. The van der Waals surface area contributed by atoms with E-state index in [9.17, 15) is 0 Å². The molecule has 344 valence electrons. The van der Waals surface area contributed by atoms with E-state index < -0.39 is 0 Å². The van der Waals surface area contributed by atoms with Crippen LogP contribution >= 0.6 is 0 Å². The number of aryl methyl sites for hydroxylation is 4. The topological polar surface area (TPSA) is 0 Å². The first-order chi connectivity index (χ1) is 33.4. The van der Waals surface area contributed by atoms with Gasteiger partial charge in [0.05, 0.1) is 0 Å². The molecule has 0 bridgehead atoms. The van der Waals surface area contributed by atoms with Crippen molar-refractivity contribution >= 4 is 52.7 Å². The molecular formula is C66H56Cl2Ti2-2. The van der Waals surface area contributed by atoms with Crippen molar-refractivity contribution in [3.63, 3.8) is 0 Å². The van der Waals surface area contributed by atoms with Crippen LogP contribution in [0.4, 0.5) is 0 Å². The predicted molar refractivity (Wildman–Crippen MR) is 293 cm³/mol. The zero-order valence-corrected chi connectivity index (χ0v) is 44.9. The van der Waals surface area contributed by atoms with E-state index in [0.717, 1.165) is 0 Å². The van der Waals surface area contributed by atoms with Crippen LogP contribution in [-0.4, -0.2) is 9.63 Å². The van der Waals surface area contributed by atoms with E-state index in [1.807, 2.05) is 0 Å². The maximum atomic E-state index is 3.25. The molecule has 0 saturated carbocycles. The predicted octanol–water partition coefficient (Wildman–Crippen LogP) is 12.1. The molecular weight excluding hydrogens is 959 g/mol. The van der Waals surface area contributed by atoms with Crippen molar-refractivity contribution in [3.8, 4) is 44.5 Å². The average Bonchev–Trinajstić information content (AvgIpc) is 4.19. The molecule has 0 aromatic heterocycles. The van der Waals surface area contributed by atoms with Crippen LogP contribution in [0.3, 0.4) is 0 Å². The Bertz CT molecular complexity index is 2980. The summed E-state index contributed by atoms with van der Waals surface area (Å²) in [4.78, 5) is 6.50. The van der Waals surface area contributed by atoms with Crippen molar-refractivity contribution in [1.82, 2.24) is 0 Å². The minimum Gasteiger partial charge on any atom is -1.00 e. The standard InChI is InChI=1S/4C16H13.2CH2.2ClH.2Ti/c4*1-12-10-14-8-5-9-15(16(14)11-12)13-6-3-2-4-7-13;;;;;;/h4*2-11H,1H3;2*1H2;2*1H;;/q4*-1;;;;;2*+2/p-2. The van der Waals surface area contributed by atoms with Crippen molar-refractivity contribution in [2.24, 2.45) is 0 Å². The fraction of sp³-hybridized carbons (Fsp3) is 0.0606. The third kappa shape index (κ3) is 13.6. The van der Waals surface area contributed by atoms with Crippen LogP contribution in [0.5, 0.6) is 0 Å². The molecule has 0 saturated heterocycles. The molecule has 4 heteroatoms. The second kappa shape index (κ2) is 27.4. The maximum absolute atomic E-state index is 3.25. The van der Waals surface area contributed by atoms with Gasteiger partial charge in [0.1, 0.15) is 0 Å². The molecule has 0 heterocycles. The second-order valence-corrected chi connectivity index (χ2v) is 16.8. The quantitative estimate of drug-likeness (QED) is 0.122. The fourth-order valence-corrected chi connectivity index (χ4v) is 9.02. The normalized spacial score (nSPS) is 10.1. The van der Waals surface area contributed by atoms with Gasteiger partial charge in [0.2, 0.25) is 0 Å². The zero-order chi connectivity index (χ0) is 47.8. The smallest absolute Gasteiger partial charge is 1.00 e. The molecule has 12 aromatic rings. The number of benzene rings is 8. The summed E-state index contributed by atoms with van der Waals surface area (Å²) in [5.41, 5.74) is 15.8. The van der Waals surface area contributed by atoms with E-state index in [4.69, 9.17) is 0 Å². The summed E-state index contributed by atoms with van der Waals surface area (Å²) in [5, 5.41) is 10.7. The van der Waals surface area contributed by atoms with E-state index in [2.05, 4.69) is 280 Å².